The summed E-state index contributed by atoms with van der Waals surface area (Å²) in [5.41, 5.74) is 2.25. The van der Waals surface area contributed by atoms with E-state index in [1.54, 1.807) is 18.2 Å². The Morgan fingerprint density at radius 1 is 1.15 bits per heavy atom. The standard InChI is InChI=1S/C18H23N3O5/c1-25-13-7-6-12(10-14(13)26-2)11-15(22)20-21-16(23)18(19-17(21)24)8-4-3-5-9-18/h6-7,10H,3-5,8-9,11H2,1-2H3,(H,19,24)(H,20,22). The van der Waals surface area contributed by atoms with Crippen molar-refractivity contribution in [2.75, 3.05) is 14.2 Å². The molecule has 0 aromatic heterocycles. The third-order valence-electron chi connectivity index (χ3n) is 4.92. The molecule has 26 heavy (non-hydrogen) atoms. The highest BCUT2D eigenvalue weighted by Crippen LogP contribution is 2.33. The Morgan fingerprint density at radius 3 is 2.50 bits per heavy atom. The number of rotatable bonds is 5. The van der Waals surface area contributed by atoms with Gasteiger partial charge in [0, 0.05) is 0 Å². The predicted octanol–water partition coefficient (Wildman–Crippen LogP) is 1.53. The lowest BCUT2D eigenvalue weighted by Gasteiger charge is -2.30. The van der Waals surface area contributed by atoms with Gasteiger partial charge >= 0.3 is 6.03 Å². The van der Waals surface area contributed by atoms with Crippen molar-refractivity contribution in [2.45, 2.75) is 44.1 Å². The van der Waals surface area contributed by atoms with Gasteiger partial charge in [0.05, 0.1) is 20.6 Å². The number of carbonyl (C=O) groups is 3. The minimum absolute atomic E-state index is 0.00438. The number of nitrogens with one attached hydrogen (secondary N) is 2. The molecule has 2 fully saturated rings. The minimum atomic E-state index is -0.855. The summed E-state index contributed by atoms with van der Waals surface area (Å²) in [5, 5.41) is 3.57. The summed E-state index contributed by atoms with van der Waals surface area (Å²) in [7, 11) is 3.04. The van der Waals surface area contributed by atoms with Gasteiger partial charge in [-0.2, -0.15) is 5.01 Å². The van der Waals surface area contributed by atoms with E-state index >= 15 is 0 Å². The first-order valence-corrected chi connectivity index (χ1v) is 8.66. The maximum absolute atomic E-state index is 12.7. The predicted molar refractivity (Wildman–Crippen MR) is 92.6 cm³/mol. The highest BCUT2D eigenvalue weighted by molar-refractivity contribution is 6.08. The fraction of sp³-hybridized carbons (Fsp3) is 0.500. The van der Waals surface area contributed by atoms with Gasteiger partial charge in [0.25, 0.3) is 5.91 Å². The van der Waals surface area contributed by atoms with E-state index in [0.29, 0.717) is 29.9 Å². The topological polar surface area (TPSA) is 97.0 Å². The van der Waals surface area contributed by atoms with Crippen molar-refractivity contribution < 1.29 is 23.9 Å². The van der Waals surface area contributed by atoms with Crippen LogP contribution in [0.5, 0.6) is 11.5 Å². The van der Waals surface area contributed by atoms with Crippen molar-refractivity contribution in [2.24, 2.45) is 0 Å². The van der Waals surface area contributed by atoms with E-state index in [4.69, 9.17) is 9.47 Å². The second kappa shape index (κ2) is 7.23. The Balaban J connectivity index is 1.66. The number of imide groups is 1. The van der Waals surface area contributed by atoms with Gasteiger partial charge in [-0.3, -0.25) is 15.0 Å². The summed E-state index contributed by atoms with van der Waals surface area (Å²) < 4.78 is 10.4. The van der Waals surface area contributed by atoms with Crippen LogP contribution in [0.4, 0.5) is 4.79 Å². The molecule has 2 N–H and O–H groups in total. The fourth-order valence-electron chi connectivity index (χ4n) is 3.56. The van der Waals surface area contributed by atoms with Crippen LogP contribution in [0.2, 0.25) is 0 Å². The number of methoxy groups -OCH3 is 2. The molecule has 2 aliphatic rings. The second-order valence-corrected chi connectivity index (χ2v) is 6.61. The third kappa shape index (κ3) is 3.31. The molecule has 3 rings (SSSR count). The van der Waals surface area contributed by atoms with E-state index in [-0.39, 0.29) is 12.3 Å². The smallest absolute Gasteiger partial charge is 0.344 e. The molecule has 8 nitrogen and oxygen atoms in total. The van der Waals surface area contributed by atoms with Crippen LogP contribution >= 0.6 is 0 Å². The monoisotopic (exact) mass is 361 g/mol. The Morgan fingerprint density at radius 2 is 1.85 bits per heavy atom. The number of hydrazine groups is 1. The molecule has 1 heterocycles. The number of benzene rings is 1. The Bertz CT molecular complexity index is 728. The molecular weight excluding hydrogens is 338 g/mol. The van der Waals surface area contributed by atoms with Crippen molar-refractivity contribution in [3.05, 3.63) is 23.8 Å². The zero-order valence-corrected chi connectivity index (χ0v) is 15.0. The van der Waals surface area contributed by atoms with E-state index in [2.05, 4.69) is 10.7 Å². The first-order chi connectivity index (χ1) is 12.5. The van der Waals surface area contributed by atoms with Crippen molar-refractivity contribution in [1.82, 2.24) is 15.8 Å². The van der Waals surface area contributed by atoms with E-state index < -0.39 is 17.5 Å². The molecule has 4 amide bonds. The number of nitrogens with zero attached hydrogens (tertiary/aromatic N) is 1. The summed E-state index contributed by atoms with van der Waals surface area (Å²) >= 11 is 0. The summed E-state index contributed by atoms with van der Waals surface area (Å²) in [5.74, 6) is 0.246. The molecule has 1 spiro atoms. The van der Waals surface area contributed by atoms with Crippen LogP contribution in [0.3, 0.4) is 0 Å². The lowest BCUT2D eigenvalue weighted by atomic mass is 9.82. The van der Waals surface area contributed by atoms with Gasteiger partial charge in [0.1, 0.15) is 5.54 Å². The van der Waals surface area contributed by atoms with Gasteiger partial charge in [-0.05, 0) is 30.5 Å². The van der Waals surface area contributed by atoms with Crippen LogP contribution in [0, 0.1) is 0 Å². The minimum Gasteiger partial charge on any atom is -0.493 e. The molecule has 1 aliphatic heterocycles. The highest BCUT2D eigenvalue weighted by atomic mass is 16.5. The molecule has 140 valence electrons. The Hall–Kier alpha value is -2.77. The molecule has 1 aromatic rings. The Kier molecular flexibility index (Phi) is 5.01. The molecule has 0 unspecified atom stereocenters. The number of amides is 4. The summed E-state index contributed by atoms with van der Waals surface area (Å²) in [6.45, 7) is 0. The molecule has 1 aliphatic carbocycles. The van der Waals surface area contributed by atoms with Gasteiger partial charge in [-0.15, -0.1) is 0 Å². The van der Waals surface area contributed by atoms with Crippen LogP contribution in [0.25, 0.3) is 0 Å². The average molecular weight is 361 g/mol. The lowest BCUT2D eigenvalue weighted by molar-refractivity contribution is -0.139. The highest BCUT2D eigenvalue weighted by Gasteiger charge is 2.52. The summed E-state index contributed by atoms with van der Waals surface area (Å²) in [6, 6.07) is 4.55. The largest absolute Gasteiger partial charge is 0.493 e. The number of hydrogen-bond acceptors (Lipinski definition) is 5. The number of ether oxygens (including phenoxy) is 2. The third-order valence-corrected chi connectivity index (χ3v) is 4.92. The van der Waals surface area contributed by atoms with Gasteiger partial charge in [0.15, 0.2) is 11.5 Å². The molecule has 1 aromatic carbocycles. The van der Waals surface area contributed by atoms with E-state index in [0.717, 1.165) is 24.3 Å². The van der Waals surface area contributed by atoms with Crippen LogP contribution in [0.15, 0.2) is 18.2 Å². The normalized spacial score (nSPS) is 18.6. The van der Waals surface area contributed by atoms with Gasteiger partial charge in [-0.25, -0.2) is 4.79 Å². The second-order valence-electron chi connectivity index (χ2n) is 6.61. The van der Waals surface area contributed by atoms with Gasteiger partial charge in [-0.1, -0.05) is 25.3 Å². The Labute approximate surface area is 151 Å². The van der Waals surface area contributed by atoms with E-state index in [1.807, 2.05) is 0 Å². The van der Waals surface area contributed by atoms with Crippen LogP contribution in [-0.4, -0.2) is 42.6 Å². The van der Waals surface area contributed by atoms with Crippen molar-refractivity contribution in [3.63, 3.8) is 0 Å². The number of hydrogen-bond donors (Lipinski definition) is 2. The molecule has 1 saturated carbocycles. The molecule has 0 bridgehead atoms. The zero-order chi connectivity index (χ0) is 18.7. The van der Waals surface area contributed by atoms with Crippen molar-refractivity contribution in [3.8, 4) is 11.5 Å². The maximum Gasteiger partial charge on any atom is 0.344 e. The molecule has 0 atom stereocenters. The first kappa shape index (κ1) is 18.0. The first-order valence-electron chi connectivity index (χ1n) is 8.66. The molecule has 1 saturated heterocycles. The molecule has 8 heteroatoms. The quantitative estimate of drug-likeness (QED) is 0.776. The van der Waals surface area contributed by atoms with Crippen molar-refractivity contribution in [1.29, 1.82) is 0 Å². The fourth-order valence-corrected chi connectivity index (χ4v) is 3.56. The van der Waals surface area contributed by atoms with Crippen LogP contribution in [-0.2, 0) is 16.0 Å². The van der Waals surface area contributed by atoms with Crippen LogP contribution < -0.4 is 20.2 Å². The van der Waals surface area contributed by atoms with E-state index in [9.17, 15) is 14.4 Å². The van der Waals surface area contributed by atoms with Crippen molar-refractivity contribution >= 4 is 17.8 Å². The molecular formula is C18H23N3O5. The zero-order valence-electron chi connectivity index (χ0n) is 15.0. The average Bonchev–Trinajstić information content (AvgIpc) is 2.86. The SMILES string of the molecule is COc1ccc(CC(=O)NN2C(=O)NC3(CCCCC3)C2=O)cc1OC. The maximum atomic E-state index is 12.7. The summed E-state index contributed by atoms with van der Waals surface area (Å²) in [4.78, 5) is 37.2. The summed E-state index contributed by atoms with van der Waals surface area (Å²) in [6.07, 6.45) is 4.05. The lowest BCUT2D eigenvalue weighted by Crippen LogP contribution is -2.51. The number of carbonyl (C=O) groups excluding carboxylic acids is 3. The molecule has 0 radical (unpaired) electrons. The number of urea groups is 1. The van der Waals surface area contributed by atoms with Crippen LogP contribution in [0.1, 0.15) is 37.7 Å². The van der Waals surface area contributed by atoms with Gasteiger partial charge < -0.3 is 14.8 Å². The van der Waals surface area contributed by atoms with Gasteiger partial charge in [0.2, 0.25) is 5.91 Å². The van der Waals surface area contributed by atoms with E-state index in [1.165, 1.54) is 14.2 Å².